The molecule has 1 nitrogen and oxygen atoms in total. The SMILES string of the molecule is CC/C=C\CC/C(C)=C/CCO. The van der Waals surface area contributed by atoms with Crippen LogP contribution in [0.3, 0.4) is 0 Å². The molecule has 0 heterocycles. The summed E-state index contributed by atoms with van der Waals surface area (Å²) in [5.74, 6) is 0. The van der Waals surface area contributed by atoms with Gasteiger partial charge in [-0.25, -0.2) is 0 Å². The Balaban J connectivity index is 3.42. The Kier molecular flexibility index (Phi) is 8.14. The zero-order chi connectivity index (χ0) is 9.23. The van der Waals surface area contributed by atoms with E-state index in [1.807, 2.05) is 0 Å². The van der Waals surface area contributed by atoms with Gasteiger partial charge in [0, 0.05) is 6.61 Å². The molecule has 0 aliphatic carbocycles. The molecule has 0 saturated heterocycles. The summed E-state index contributed by atoms with van der Waals surface area (Å²) in [7, 11) is 0. The van der Waals surface area contributed by atoms with Crippen molar-refractivity contribution in [1.82, 2.24) is 0 Å². The molecular formula is C11H20O. The Labute approximate surface area is 75.8 Å². The summed E-state index contributed by atoms with van der Waals surface area (Å²) in [4.78, 5) is 0. The summed E-state index contributed by atoms with van der Waals surface area (Å²) < 4.78 is 0. The number of hydrogen-bond acceptors (Lipinski definition) is 1. The first-order chi connectivity index (χ1) is 5.81. The highest BCUT2D eigenvalue weighted by atomic mass is 16.2. The summed E-state index contributed by atoms with van der Waals surface area (Å²) >= 11 is 0. The minimum absolute atomic E-state index is 0.266. The maximum Gasteiger partial charge on any atom is 0.0465 e. The van der Waals surface area contributed by atoms with Crippen molar-refractivity contribution in [1.29, 1.82) is 0 Å². The summed E-state index contributed by atoms with van der Waals surface area (Å²) in [6, 6.07) is 0. The van der Waals surface area contributed by atoms with E-state index >= 15 is 0 Å². The first-order valence-electron chi connectivity index (χ1n) is 4.72. The van der Waals surface area contributed by atoms with Crippen molar-refractivity contribution < 1.29 is 5.11 Å². The van der Waals surface area contributed by atoms with Crippen LogP contribution in [0.25, 0.3) is 0 Å². The molecule has 0 aromatic carbocycles. The van der Waals surface area contributed by atoms with E-state index in [9.17, 15) is 0 Å². The molecule has 0 fully saturated rings. The molecule has 1 heteroatoms. The minimum atomic E-state index is 0.266. The third-order valence-electron chi connectivity index (χ3n) is 1.73. The summed E-state index contributed by atoms with van der Waals surface area (Å²) in [5, 5.41) is 8.57. The fraction of sp³-hybridized carbons (Fsp3) is 0.636. The Hall–Kier alpha value is -0.560. The maximum absolute atomic E-state index is 8.57. The molecule has 0 aromatic heterocycles. The number of aliphatic hydroxyl groups is 1. The molecule has 0 bridgehead atoms. The van der Waals surface area contributed by atoms with Crippen LogP contribution in [0.1, 0.15) is 39.5 Å². The van der Waals surface area contributed by atoms with Crippen molar-refractivity contribution in [3.8, 4) is 0 Å². The lowest BCUT2D eigenvalue weighted by Crippen LogP contribution is -1.80. The molecule has 12 heavy (non-hydrogen) atoms. The fourth-order valence-electron chi connectivity index (χ4n) is 1.01. The van der Waals surface area contributed by atoms with Crippen molar-refractivity contribution in [2.75, 3.05) is 6.61 Å². The Morgan fingerprint density at radius 2 is 2.00 bits per heavy atom. The van der Waals surface area contributed by atoms with Crippen molar-refractivity contribution in [3.63, 3.8) is 0 Å². The van der Waals surface area contributed by atoms with E-state index in [4.69, 9.17) is 5.11 Å². The zero-order valence-corrected chi connectivity index (χ0v) is 8.21. The predicted molar refractivity (Wildman–Crippen MR) is 54.1 cm³/mol. The van der Waals surface area contributed by atoms with E-state index in [1.165, 1.54) is 5.57 Å². The van der Waals surface area contributed by atoms with E-state index < -0.39 is 0 Å². The van der Waals surface area contributed by atoms with Crippen molar-refractivity contribution >= 4 is 0 Å². The Morgan fingerprint density at radius 1 is 1.25 bits per heavy atom. The van der Waals surface area contributed by atoms with Crippen molar-refractivity contribution in [3.05, 3.63) is 23.8 Å². The molecule has 0 atom stereocenters. The van der Waals surface area contributed by atoms with Crippen LogP contribution in [0.15, 0.2) is 23.8 Å². The second-order valence-electron chi connectivity index (χ2n) is 2.98. The zero-order valence-electron chi connectivity index (χ0n) is 8.21. The molecule has 0 unspecified atom stereocenters. The van der Waals surface area contributed by atoms with Gasteiger partial charge in [0.2, 0.25) is 0 Å². The van der Waals surface area contributed by atoms with Crippen molar-refractivity contribution in [2.24, 2.45) is 0 Å². The second-order valence-corrected chi connectivity index (χ2v) is 2.98. The number of allylic oxidation sites excluding steroid dienone is 3. The van der Waals surface area contributed by atoms with Gasteiger partial charge in [-0.2, -0.15) is 0 Å². The van der Waals surface area contributed by atoms with Gasteiger partial charge in [0.1, 0.15) is 0 Å². The fourth-order valence-corrected chi connectivity index (χ4v) is 1.01. The summed E-state index contributed by atoms with van der Waals surface area (Å²) in [5.41, 5.74) is 1.38. The van der Waals surface area contributed by atoms with Crippen LogP contribution in [0.2, 0.25) is 0 Å². The van der Waals surface area contributed by atoms with Crippen LogP contribution in [-0.4, -0.2) is 11.7 Å². The molecule has 0 rings (SSSR count). The van der Waals surface area contributed by atoms with E-state index in [0.29, 0.717) is 0 Å². The van der Waals surface area contributed by atoms with E-state index in [2.05, 4.69) is 32.1 Å². The molecule has 0 amide bonds. The normalized spacial score (nSPS) is 12.8. The summed E-state index contributed by atoms with van der Waals surface area (Å²) in [6.07, 6.45) is 10.7. The van der Waals surface area contributed by atoms with Gasteiger partial charge in [-0.15, -0.1) is 0 Å². The van der Waals surface area contributed by atoms with Gasteiger partial charge in [0.25, 0.3) is 0 Å². The molecule has 0 aliphatic heterocycles. The van der Waals surface area contributed by atoms with Gasteiger partial charge in [-0.05, 0) is 32.6 Å². The minimum Gasteiger partial charge on any atom is -0.396 e. The highest BCUT2D eigenvalue weighted by Gasteiger charge is 1.86. The average molecular weight is 168 g/mol. The molecule has 0 aliphatic rings. The molecule has 0 radical (unpaired) electrons. The van der Waals surface area contributed by atoms with Gasteiger partial charge < -0.3 is 5.11 Å². The molecule has 1 N–H and O–H groups in total. The smallest absolute Gasteiger partial charge is 0.0465 e. The standard InChI is InChI=1S/C11H20O/c1-3-4-5-6-8-11(2)9-7-10-12/h4-5,9,12H,3,6-8,10H2,1-2H3/b5-4-,11-9+. The van der Waals surface area contributed by atoms with Gasteiger partial charge in [0.05, 0.1) is 0 Å². The van der Waals surface area contributed by atoms with Gasteiger partial charge in [0.15, 0.2) is 0 Å². The van der Waals surface area contributed by atoms with Gasteiger partial charge in [-0.3, -0.25) is 0 Å². The first kappa shape index (κ1) is 11.4. The first-order valence-corrected chi connectivity index (χ1v) is 4.72. The van der Waals surface area contributed by atoms with Crippen molar-refractivity contribution in [2.45, 2.75) is 39.5 Å². The average Bonchev–Trinajstić information content (AvgIpc) is 2.09. The summed E-state index contributed by atoms with van der Waals surface area (Å²) in [6.45, 7) is 4.53. The number of hydrogen-bond donors (Lipinski definition) is 1. The Bertz CT molecular complexity index is 145. The highest BCUT2D eigenvalue weighted by Crippen LogP contribution is 2.05. The predicted octanol–water partition coefficient (Wildman–Crippen LogP) is 3.06. The maximum atomic E-state index is 8.57. The van der Waals surface area contributed by atoms with Gasteiger partial charge in [-0.1, -0.05) is 30.7 Å². The lowest BCUT2D eigenvalue weighted by atomic mass is 10.1. The van der Waals surface area contributed by atoms with Crippen LogP contribution in [0, 0.1) is 0 Å². The molecule has 0 spiro atoms. The van der Waals surface area contributed by atoms with E-state index in [0.717, 1.165) is 25.7 Å². The number of rotatable bonds is 6. The lowest BCUT2D eigenvalue weighted by Gasteiger charge is -1.96. The second kappa shape index (κ2) is 8.54. The largest absolute Gasteiger partial charge is 0.396 e. The van der Waals surface area contributed by atoms with Crippen LogP contribution in [-0.2, 0) is 0 Å². The molecule has 0 saturated carbocycles. The van der Waals surface area contributed by atoms with Crippen LogP contribution in [0.4, 0.5) is 0 Å². The third kappa shape index (κ3) is 7.55. The highest BCUT2D eigenvalue weighted by molar-refractivity contribution is 4.99. The molecule has 70 valence electrons. The van der Waals surface area contributed by atoms with E-state index in [-0.39, 0.29) is 6.61 Å². The quantitative estimate of drug-likeness (QED) is 0.604. The van der Waals surface area contributed by atoms with Gasteiger partial charge >= 0.3 is 0 Å². The van der Waals surface area contributed by atoms with Crippen LogP contribution in [0.5, 0.6) is 0 Å². The lowest BCUT2D eigenvalue weighted by molar-refractivity contribution is 0.302. The van der Waals surface area contributed by atoms with Crippen LogP contribution >= 0.6 is 0 Å². The molecule has 0 aromatic rings. The van der Waals surface area contributed by atoms with Crippen LogP contribution < -0.4 is 0 Å². The number of aliphatic hydroxyl groups excluding tert-OH is 1. The monoisotopic (exact) mass is 168 g/mol. The third-order valence-corrected chi connectivity index (χ3v) is 1.73. The molecular weight excluding hydrogens is 148 g/mol. The van der Waals surface area contributed by atoms with E-state index in [1.54, 1.807) is 0 Å². The Morgan fingerprint density at radius 3 is 2.58 bits per heavy atom. The topological polar surface area (TPSA) is 20.2 Å².